The Morgan fingerprint density at radius 2 is 1.71 bits per heavy atom. The highest BCUT2D eigenvalue weighted by Gasteiger charge is 2.28. The van der Waals surface area contributed by atoms with Gasteiger partial charge >= 0.3 is 18.1 Å². The predicted octanol–water partition coefficient (Wildman–Crippen LogP) is 6.18. The van der Waals surface area contributed by atoms with Gasteiger partial charge in [0.05, 0.1) is 38.7 Å². The maximum Gasteiger partial charge on any atom is 0.410 e. The van der Waals surface area contributed by atoms with Crippen molar-refractivity contribution in [1.29, 1.82) is 0 Å². The second-order valence-corrected chi connectivity index (χ2v) is 12.0. The number of carbonyl (C=O) groups is 3. The number of nitrogens with zero attached hydrogens (tertiary/aromatic N) is 2. The molecule has 2 atom stereocenters. The third kappa shape index (κ3) is 8.62. The van der Waals surface area contributed by atoms with E-state index in [9.17, 15) is 14.4 Å². The van der Waals surface area contributed by atoms with Crippen LogP contribution in [0.5, 0.6) is 11.5 Å². The number of ether oxygens (including phenoxy) is 4. The Balaban J connectivity index is 1.43. The monoisotopic (exact) mass is 615 g/mol. The lowest BCUT2D eigenvalue weighted by Gasteiger charge is -2.31. The second-order valence-electron chi connectivity index (χ2n) is 9.89. The van der Waals surface area contributed by atoms with Gasteiger partial charge in [-0.2, -0.15) is 0 Å². The third-order valence-electron chi connectivity index (χ3n) is 6.97. The number of rotatable bonds is 14. The summed E-state index contributed by atoms with van der Waals surface area (Å²) in [7, 11) is 2.98. The van der Waals surface area contributed by atoms with Gasteiger partial charge in [0.2, 0.25) is 6.79 Å². The van der Waals surface area contributed by atoms with Crippen molar-refractivity contribution in [3.8, 4) is 11.5 Å². The van der Waals surface area contributed by atoms with Gasteiger partial charge in [-0.25, -0.2) is 9.59 Å². The van der Waals surface area contributed by atoms with Crippen LogP contribution in [0.3, 0.4) is 0 Å². The molecule has 3 heterocycles. The lowest BCUT2D eigenvalue weighted by Crippen LogP contribution is -2.47. The zero-order chi connectivity index (χ0) is 29.9. The number of hydrogen-bond donors (Lipinski definition) is 1. The molecular weight excluding hydrogens is 578 g/mol. The van der Waals surface area contributed by atoms with Crippen LogP contribution in [0.15, 0.2) is 53.2 Å². The van der Waals surface area contributed by atoms with Crippen molar-refractivity contribution in [2.75, 3.05) is 27.6 Å². The first-order chi connectivity index (χ1) is 20.4. The molecule has 0 radical (unpaired) electrons. The molecular formula is C30H37N3O7S2. The Labute approximate surface area is 254 Å². The summed E-state index contributed by atoms with van der Waals surface area (Å²) in [5.74, 6) is 0.689. The van der Waals surface area contributed by atoms with Crippen LogP contribution >= 0.6 is 22.7 Å². The van der Waals surface area contributed by atoms with Crippen molar-refractivity contribution in [3.63, 3.8) is 0 Å². The molecule has 3 amide bonds. The fourth-order valence-electron chi connectivity index (χ4n) is 4.50. The molecule has 0 fully saturated rings. The number of thiophene rings is 2. The number of benzene rings is 1. The molecule has 1 N–H and O–H groups in total. The normalized spacial score (nSPS) is 13.2. The van der Waals surface area contributed by atoms with E-state index >= 15 is 0 Å². The van der Waals surface area contributed by atoms with Gasteiger partial charge in [0.1, 0.15) is 6.61 Å². The van der Waals surface area contributed by atoms with Crippen LogP contribution in [0.25, 0.3) is 0 Å². The van der Waals surface area contributed by atoms with Crippen LogP contribution in [0.2, 0.25) is 0 Å². The first-order valence-electron chi connectivity index (χ1n) is 13.8. The number of amides is 3. The van der Waals surface area contributed by atoms with E-state index < -0.39 is 24.1 Å². The van der Waals surface area contributed by atoms with Gasteiger partial charge in [-0.15, -0.1) is 22.7 Å². The fraction of sp³-hybridized carbons (Fsp3) is 0.433. The number of nitrogens with one attached hydrogen (secondary N) is 1. The Kier molecular flexibility index (Phi) is 11.5. The van der Waals surface area contributed by atoms with E-state index in [1.807, 2.05) is 35.0 Å². The van der Waals surface area contributed by atoms with Crippen LogP contribution in [-0.2, 0) is 27.4 Å². The minimum absolute atomic E-state index is 0.0415. The van der Waals surface area contributed by atoms with E-state index in [1.54, 1.807) is 57.7 Å². The van der Waals surface area contributed by atoms with Gasteiger partial charge < -0.3 is 29.2 Å². The molecule has 2 aromatic heterocycles. The van der Waals surface area contributed by atoms with Gasteiger partial charge in [-0.3, -0.25) is 9.69 Å². The maximum absolute atomic E-state index is 13.5. The zero-order valence-electron chi connectivity index (χ0n) is 24.1. The summed E-state index contributed by atoms with van der Waals surface area (Å²) in [5.41, 5.74) is 0.681. The predicted molar refractivity (Wildman–Crippen MR) is 161 cm³/mol. The topological polar surface area (TPSA) is 107 Å². The number of likely N-dealkylation sites (N-methyl/N-ethyl adjacent to an activating group) is 1. The summed E-state index contributed by atoms with van der Waals surface area (Å²) in [6.45, 7) is 3.11. The summed E-state index contributed by atoms with van der Waals surface area (Å²) in [5, 5.41) is 6.92. The number of hydrogen-bond acceptors (Lipinski definition) is 9. The highest BCUT2D eigenvalue weighted by Crippen LogP contribution is 2.35. The summed E-state index contributed by atoms with van der Waals surface area (Å²) in [6.07, 6.45) is 1.92. The summed E-state index contributed by atoms with van der Waals surface area (Å²) in [6, 6.07) is 11.8. The number of urea groups is 1. The minimum Gasteiger partial charge on any atom is -0.469 e. The smallest absolute Gasteiger partial charge is 0.410 e. The van der Waals surface area contributed by atoms with E-state index in [4.69, 9.17) is 18.9 Å². The van der Waals surface area contributed by atoms with Crippen LogP contribution in [-0.4, -0.2) is 61.5 Å². The van der Waals surface area contributed by atoms with E-state index in [0.29, 0.717) is 36.6 Å². The molecule has 0 aliphatic carbocycles. The number of esters is 1. The summed E-state index contributed by atoms with van der Waals surface area (Å²) in [4.78, 5) is 44.4. The number of fused-ring (bicyclic) bond motifs is 1. The van der Waals surface area contributed by atoms with Gasteiger partial charge in [0.15, 0.2) is 11.5 Å². The molecule has 1 aliphatic rings. The Morgan fingerprint density at radius 3 is 2.33 bits per heavy atom. The average Bonchev–Trinajstić information content (AvgIpc) is 3.79. The maximum atomic E-state index is 13.5. The average molecular weight is 616 g/mol. The minimum atomic E-state index is -0.664. The van der Waals surface area contributed by atoms with Crippen LogP contribution < -0.4 is 14.8 Å². The number of unbranched alkanes of at least 4 members (excludes halogenated alkanes) is 1. The molecule has 226 valence electrons. The summed E-state index contributed by atoms with van der Waals surface area (Å²) >= 11 is 3.17. The highest BCUT2D eigenvalue weighted by molar-refractivity contribution is 7.10. The van der Waals surface area contributed by atoms with Crippen molar-refractivity contribution in [1.82, 2.24) is 15.1 Å². The molecule has 3 aromatic rings. The largest absolute Gasteiger partial charge is 0.469 e. The van der Waals surface area contributed by atoms with E-state index in [1.165, 1.54) is 7.11 Å². The fourth-order valence-corrected chi connectivity index (χ4v) is 5.94. The van der Waals surface area contributed by atoms with Crippen molar-refractivity contribution >= 4 is 40.8 Å². The third-order valence-corrected chi connectivity index (χ3v) is 8.69. The molecule has 1 aromatic carbocycles. The lowest BCUT2D eigenvalue weighted by atomic mass is 10.0. The van der Waals surface area contributed by atoms with E-state index in [2.05, 4.69) is 12.2 Å². The SMILES string of the molecule is CCCC[C@@H](COC(=O)N(Cc1cccs1)Cc1cccs1)N(C)C(=O)NC(CC(=O)OC)c1ccc2c(c1)OCO2. The molecule has 0 bridgehead atoms. The van der Waals surface area contributed by atoms with Crippen molar-refractivity contribution < 1.29 is 33.3 Å². The van der Waals surface area contributed by atoms with Crippen molar-refractivity contribution in [2.24, 2.45) is 0 Å². The molecule has 12 heteroatoms. The molecule has 0 spiro atoms. The first kappa shape index (κ1) is 31.2. The van der Waals surface area contributed by atoms with Gasteiger partial charge in [-0.05, 0) is 47.0 Å². The Hall–Kier alpha value is -3.77. The van der Waals surface area contributed by atoms with Crippen LogP contribution in [0, 0.1) is 0 Å². The molecule has 42 heavy (non-hydrogen) atoms. The lowest BCUT2D eigenvalue weighted by molar-refractivity contribution is -0.141. The second kappa shape index (κ2) is 15.5. The molecule has 1 unspecified atom stereocenters. The highest BCUT2D eigenvalue weighted by atomic mass is 32.1. The van der Waals surface area contributed by atoms with E-state index in [0.717, 1.165) is 22.6 Å². The molecule has 1 aliphatic heterocycles. The Bertz CT molecular complexity index is 1260. The summed E-state index contributed by atoms with van der Waals surface area (Å²) < 4.78 is 21.6. The molecule has 0 saturated carbocycles. The quantitative estimate of drug-likeness (QED) is 0.216. The zero-order valence-corrected chi connectivity index (χ0v) is 25.7. The number of methoxy groups -OCH3 is 1. The number of carbonyl (C=O) groups excluding carboxylic acids is 3. The van der Waals surface area contributed by atoms with Crippen LogP contribution in [0.1, 0.15) is 54.0 Å². The van der Waals surface area contributed by atoms with Gasteiger partial charge in [0, 0.05) is 16.8 Å². The van der Waals surface area contributed by atoms with Crippen LogP contribution in [0.4, 0.5) is 9.59 Å². The van der Waals surface area contributed by atoms with E-state index in [-0.39, 0.29) is 25.9 Å². The molecule has 10 nitrogen and oxygen atoms in total. The van der Waals surface area contributed by atoms with Crippen molar-refractivity contribution in [3.05, 3.63) is 68.5 Å². The van der Waals surface area contributed by atoms with Gasteiger partial charge in [-0.1, -0.05) is 38.0 Å². The molecule has 0 saturated heterocycles. The standard InChI is InChI=1S/C30H37N3O7S2/c1-4-5-8-22(19-38-30(36)33(17-23-9-6-13-41-23)18-24-10-7-14-42-24)32(2)29(35)31-25(16-28(34)37-3)21-11-12-26-27(15-21)40-20-39-26/h6-7,9-15,22,25H,4-5,8,16-20H2,1-3H3,(H,31,35)/t22-,25?/m0/s1. The van der Waals surface area contributed by atoms with Crippen molar-refractivity contribution in [2.45, 2.75) is 57.8 Å². The van der Waals surface area contributed by atoms with Gasteiger partial charge in [0.25, 0.3) is 0 Å². The first-order valence-corrected chi connectivity index (χ1v) is 15.6. The Morgan fingerprint density at radius 1 is 1.02 bits per heavy atom. The molecule has 4 rings (SSSR count).